The Morgan fingerprint density at radius 2 is 1.72 bits per heavy atom. The molecule has 4 rings (SSSR count). The largest absolute Gasteiger partial charge is 0.490 e. The van der Waals surface area contributed by atoms with Gasteiger partial charge in [-0.05, 0) is 79.2 Å². The number of aryl methyl sites for hydroxylation is 1. The molecule has 7 nitrogen and oxygen atoms in total. The number of anilines is 1. The molecule has 1 fully saturated rings. The van der Waals surface area contributed by atoms with Crippen LogP contribution in [0.5, 0.6) is 11.5 Å². The third-order valence-electron chi connectivity index (χ3n) is 5.63. The summed E-state index contributed by atoms with van der Waals surface area (Å²) >= 11 is 19.4. The number of imide groups is 1. The van der Waals surface area contributed by atoms with E-state index in [1.54, 1.807) is 54.6 Å². The molecule has 202 valence electrons. The van der Waals surface area contributed by atoms with Gasteiger partial charge >= 0.3 is 0 Å². The highest BCUT2D eigenvalue weighted by molar-refractivity contribution is 8.18. The predicted octanol–water partition coefficient (Wildman–Crippen LogP) is 7.61. The molecular weight excluding hydrogens is 583 g/mol. The molecule has 0 aliphatic carbocycles. The minimum Gasteiger partial charge on any atom is -0.490 e. The number of amides is 3. The van der Waals surface area contributed by atoms with Crippen molar-refractivity contribution in [3.8, 4) is 11.5 Å². The van der Waals surface area contributed by atoms with Crippen molar-refractivity contribution in [1.82, 2.24) is 4.90 Å². The molecule has 11 heteroatoms. The normalized spacial score (nSPS) is 14.2. The van der Waals surface area contributed by atoms with Crippen molar-refractivity contribution in [2.45, 2.75) is 20.4 Å². The van der Waals surface area contributed by atoms with E-state index in [1.807, 2.05) is 19.9 Å². The molecule has 39 heavy (non-hydrogen) atoms. The van der Waals surface area contributed by atoms with Crippen LogP contribution in [0.4, 0.5) is 10.5 Å². The quantitative estimate of drug-likeness (QED) is 0.253. The first-order chi connectivity index (χ1) is 18.7. The van der Waals surface area contributed by atoms with Gasteiger partial charge in [-0.1, -0.05) is 53.0 Å². The lowest BCUT2D eigenvalue weighted by Gasteiger charge is -2.15. The van der Waals surface area contributed by atoms with Crippen LogP contribution >= 0.6 is 46.6 Å². The SMILES string of the molecule is CCOc1cc(/C=C2\SC(=O)N(Cc3c(Cl)cccc3Cl)C2=O)ccc1OCC(=O)Nc1ccc(C)c(Cl)c1. The zero-order valence-corrected chi connectivity index (χ0v) is 24.0. The summed E-state index contributed by atoms with van der Waals surface area (Å²) in [6.45, 7) is 3.75. The number of hydrogen-bond acceptors (Lipinski definition) is 6. The maximum atomic E-state index is 13.0. The van der Waals surface area contributed by atoms with Crippen LogP contribution in [0.3, 0.4) is 0 Å². The van der Waals surface area contributed by atoms with Crippen LogP contribution in [-0.4, -0.2) is 35.2 Å². The lowest BCUT2D eigenvalue weighted by atomic mass is 10.1. The van der Waals surface area contributed by atoms with Gasteiger partial charge in [0.1, 0.15) is 0 Å². The van der Waals surface area contributed by atoms with Crippen LogP contribution in [0.25, 0.3) is 6.08 Å². The van der Waals surface area contributed by atoms with Gasteiger partial charge in [0, 0.05) is 26.3 Å². The zero-order valence-electron chi connectivity index (χ0n) is 20.9. The first kappa shape index (κ1) is 28.8. The number of hydrogen-bond donors (Lipinski definition) is 1. The van der Waals surface area contributed by atoms with Crippen LogP contribution in [0, 0.1) is 6.92 Å². The average molecular weight is 606 g/mol. The smallest absolute Gasteiger partial charge is 0.293 e. The summed E-state index contributed by atoms with van der Waals surface area (Å²) in [7, 11) is 0. The Labute approximate surface area is 245 Å². The highest BCUT2D eigenvalue weighted by atomic mass is 35.5. The summed E-state index contributed by atoms with van der Waals surface area (Å²) in [5, 5.41) is 3.61. The van der Waals surface area contributed by atoms with Crippen LogP contribution in [0.15, 0.2) is 59.5 Å². The second-order valence-electron chi connectivity index (χ2n) is 8.41. The van der Waals surface area contributed by atoms with Crippen molar-refractivity contribution in [3.05, 3.63) is 91.3 Å². The Kier molecular flexibility index (Phi) is 9.45. The number of halogens is 3. The van der Waals surface area contributed by atoms with Gasteiger partial charge in [0.15, 0.2) is 18.1 Å². The van der Waals surface area contributed by atoms with Crippen molar-refractivity contribution in [2.75, 3.05) is 18.5 Å². The first-order valence-electron chi connectivity index (χ1n) is 11.8. The van der Waals surface area contributed by atoms with E-state index in [9.17, 15) is 14.4 Å². The molecule has 1 heterocycles. The number of carbonyl (C=O) groups excluding carboxylic acids is 3. The topological polar surface area (TPSA) is 84.9 Å². The van der Waals surface area contributed by atoms with E-state index in [-0.39, 0.29) is 24.0 Å². The third kappa shape index (κ3) is 7.08. The van der Waals surface area contributed by atoms with Gasteiger partial charge in [-0.25, -0.2) is 0 Å². The van der Waals surface area contributed by atoms with Gasteiger partial charge in [0.25, 0.3) is 17.1 Å². The summed E-state index contributed by atoms with van der Waals surface area (Å²) in [5.74, 6) is -0.0760. The maximum absolute atomic E-state index is 13.0. The van der Waals surface area contributed by atoms with Gasteiger partial charge in [0.2, 0.25) is 0 Å². The molecule has 3 amide bonds. The summed E-state index contributed by atoms with van der Waals surface area (Å²) in [4.78, 5) is 39.4. The molecule has 0 atom stereocenters. The van der Waals surface area contributed by atoms with Crippen molar-refractivity contribution in [1.29, 1.82) is 0 Å². The van der Waals surface area contributed by atoms with E-state index in [4.69, 9.17) is 44.3 Å². The molecule has 3 aromatic carbocycles. The minimum absolute atomic E-state index is 0.0334. The third-order valence-corrected chi connectivity index (χ3v) is 7.65. The van der Waals surface area contributed by atoms with Crippen LogP contribution in [0.1, 0.15) is 23.6 Å². The first-order valence-corrected chi connectivity index (χ1v) is 13.7. The van der Waals surface area contributed by atoms with Crippen molar-refractivity contribution in [3.63, 3.8) is 0 Å². The van der Waals surface area contributed by atoms with Crippen molar-refractivity contribution < 1.29 is 23.9 Å². The monoisotopic (exact) mass is 604 g/mol. The number of rotatable bonds is 9. The standard InChI is InChI=1S/C28H23Cl3N2O5S/c1-3-37-24-11-17(8-10-23(24)38-15-26(34)32-18-9-7-16(2)22(31)13-18)12-25-27(35)33(28(36)39-25)14-19-20(29)5-4-6-21(19)30/h4-13H,3,14-15H2,1-2H3,(H,32,34)/b25-12-. The molecule has 1 saturated heterocycles. The van der Waals surface area contributed by atoms with E-state index in [2.05, 4.69) is 5.32 Å². The van der Waals surface area contributed by atoms with Gasteiger partial charge in [-0.15, -0.1) is 0 Å². The Morgan fingerprint density at radius 3 is 2.41 bits per heavy atom. The van der Waals surface area contributed by atoms with Crippen LogP contribution in [0.2, 0.25) is 15.1 Å². The van der Waals surface area contributed by atoms with Crippen molar-refractivity contribution in [2.24, 2.45) is 0 Å². The number of nitrogens with one attached hydrogen (secondary N) is 1. The Balaban J connectivity index is 1.46. The van der Waals surface area contributed by atoms with Crippen molar-refractivity contribution >= 4 is 75.4 Å². The van der Waals surface area contributed by atoms with E-state index in [0.29, 0.717) is 50.0 Å². The molecule has 1 N–H and O–H groups in total. The predicted molar refractivity (Wildman–Crippen MR) is 156 cm³/mol. The van der Waals surface area contributed by atoms with E-state index >= 15 is 0 Å². The number of ether oxygens (including phenoxy) is 2. The number of nitrogens with zero attached hydrogens (tertiary/aromatic N) is 1. The molecule has 1 aliphatic rings. The van der Waals surface area contributed by atoms with Gasteiger partial charge < -0.3 is 14.8 Å². The fourth-order valence-electron chi connectivity index (χ4n) is 3.64. The molecule has 0 saturated carbocycles. The Hall–Kier alpha value is -3.17. The Morgan fingerprint density at radius 1 is 0.974 bits per heavy atom. The summed E-state index contributed by atoms with van der Waals surface area (Å²) in [5.41, 5.74) is 2.58. The second-order valence-corrected chi connectivity index (χ2v) is 10.6. The van der Waals surface area contributed by atoms with Gasteiger partial charge in [-0.3, -0.25) is 19.3 Å². The summed E-state index contributed by atoms with van der Waals surface area (Å²) in [6, 6.07) is 15.2. The Bertz CT molecular complexity index is 1460. The van der Waals surface area contributed by atoms with E-state index in [0.717, 1.165) is 22.2 Å². The molecule has 0 aromatic heterocycles. The fraction of sp³-hybridized carbons (Fsp3) is 0.179. The second kappa shape index (κ2) is 12.8. The van der Waals surface area contributed by atoms with E-state index < -0.39 is 11.1 Å². The molecule has 0 bridgehead atoms. The number of thioether (sulfide) groups is 1. The molecule has 1 aliphatic heterocycles. The molecule has 3 aromatic rings. The van der Waals surface area contributed by atoms with E-state index in [1.165, 1.54) is 0 Å². The number of benzene rings is 3. The minimum atomic E-state index is -0.452. The average Bonchev–Trinajstić information content (AvgIpc) is 3.15. The molecule has 0 unspecified atom stereocenters. The highest BCUT2D eigenvalue weighted by Gasteiger charge is 2.35. The van der Waals surface area contributed by atoms with Gasteiger partial charge in [-0.2, -0.15) is 0 Å². The lowest BCUT2D eigenvalue weighted by Crippen LogP contribution is -2.27. The maximum Gasteiger partial charge on any atom is 0.293 e. The molecule has 0 radical (unpaired) electrons. The zero-order chi connectivity index (χ0) is 28.1. The fourth-order valence-corrected chi connectivity index (χ4v) is 5.18. The van der Waals surface area contributed by atoms with Crippen LogP contribution in [-0.2, 0) is 16.1 Å². The van der Waals surface area contributed by atoms with Crippen LogP contribution < -0.4 is 14.8 Å². The summed E-state index contributed by atoms with van der Waals surface area (Å²) < 4.78 is 11.4. The lowest BCUT2D eigenvalue weighted by molar-refractivity contribution is -0.123. The number of carbonyl (C=O) groups is 3. The molecule has 0 spiro atoms. The summed E-state index contributed by atoms with van der Waals surface area (Å²) in [6.07, 6.45) is 1.60. The highest BCUT2D eigenvalue weighted by Crippen LogP contribution is 2.37. The van der Waals surface area contributed by atoms with Gasteiger partial charge in [0.05, 0.1) is 18.1 Å². The molecular formula is C28H23Cl3N2O5S.